The normalized spacial score (nSPS) is 48.8. The Balaban J connectivity index is 2.04. The standard InChI is InChI=1S/C7H13NOS/c1-7-3-6(7)4-8(5-7)10(2)9/h6H,3-5H2,1-2H3. The minimum Gasteiger partial charge on any atom is -0.243 e. The highest BCUT2D eigenvalue weighted by Crippen LogP contribution is 2.57. The smallest absolute Gasteiger partial charge is 0.0911 e. The van der Waals surface area contributed by atoms with Crippen LogP contribution in [0.5, 0.6) is 0 Å². The summed E-state index contributed by atoms with van der Waals surface area (Å²) >= 11 is 0. The average molecular weight is 159 g/mol. The topological polar surface area (TPSA) is 20.3 Å². The summed E-state index contributed by atoms with van der Waals surface area (Å²) in [5.74, 6) is 0.858. The third-order valence-electron chi connectivity index (χ3n) is 2.86. The average Bonchev–Trinajstić information content (AvgIpc) is 2.32. The lowest BCUT2D eigenvalue weighted by Gasteiger charge is -2.14. The molecule has 0 aromatic carbocycles. The van der Waals surface area contributed by atoms with Gasteiger partial charge in [0.05, 0.1) is 11.0 Å². The van der Waals surface area contributed by atoms with E-state index in [0.29, 0.717) is 5.41 Å². The number of rotatable bonds is 1. The molecule has 3 heteroatoms. The number of fused-ring (bicyclic) bond motifs is 1. The van der Waals surface area contributed by atoms with Crippen molar-refractivity contribution in [3.63, 3.8) is 0 Å². The first-order valence-corrected chi connectivity index (χ1v) is 5.22. The van der Waals surface area contributed by atoms with E-state index in [1.54, 1.807) is 6.26 Å². The monoisotopic (exact) mass is 159 g/mol. The second kappa shape index (κ2) is 1.83. The molecule has 0 N–H and O–H groups in total. The van der Waals surface area contributed by atoms with E-state index in [1.165, 1.54) is 6.42 Å². The van der Waals surface area contributed by atoms with Gasteiger partial charge in [0, 0.05) is 19.3 Å². The molecule has 0 radical (unpaired) electrons. The van der Waals surface area contributed by atoms with Crippen molar-refractivity contribution >= 4 is 11.0 Å². The van der Waals surface area contributed by atoms with Crippen LogP contribution in [0.3, 0.4) is 0 Å². The molecule has 58 valence electrons. The lowest BCUT2D eigenvalue weighted by molar-refractivity contribution is 0.446. The maximum absolute atomic E-state index is 11.0. The molecule has 0 aromatic heterocycles. The van der Waals surface area contributed by atoms with Crippen molar-refractivity contribution in [1.82, 2.24) is 4.31 Å². The van der Waals surface area contributed by atoms with Crippen LogP contribution in [0.25, 0.3) is 0 Å². The minimum absolute atomic E-state index is 0.547. The van der Waals surface area contributed by atoms with E-state index in [9.17, 15) is 4.21 Å². The number of piperidine rings is 1. The molecule has 1 aliphatic heterocycles. The molecule has 2 rings (SSSR count). The van der Waals surface area contributed by atoms with Crippen molar-refractivity contribution in [2.75, 3.05) is 19.3 Å². The van der Waals surface area contributed by atoms with Gasteiger partial charge in [-0.15, -0.1) is 0 Å². The van der Waals surface area contributed by atoms with Crippen LogP contribution in [0.2, 0.25) is 0 Å². The van der Waals surface area contributed by atoms with E-state index in [0.717, 1.165) is 19.0 Å². The van der Waals surface area contributed by atoms with Crippen LogP contribution in [0, 0.1) is 11.3 Å². The molecule has 3 atom stereocenters. The Morgan fingerprint density at radius 1 is 1.70 bits per heavy atom. The lowest BCUT2D eigenvalue weighted by Crippen LogP contribution is -2.25. The fraction of sp³-hybridized carbons (Fsp3) is 1.00. The zero-order chi connectivity index (χ0) is 7.35. The fourth-order valence-corrected chi connectivity index (χ4v) is 2.76. The third kappa shape index (κ3) is 0.839. The van der Waals surface area contributed by atoms with Crippen LogP contribution in [0.1, 0.15) is 13.3 Å². The summed E-state index contributed by atoms with van der Waals surface area (Å²) in [6.07, 6.45) is 3.13. The first-order valence-electron chi connectivity index (χ1n) is 3.70. The summed E-state index contributed by atoms with van der Waals surface area (Å²) in [6.45, 7) is 4.42. The van der Waals surface area contributed by atoms with Gasteiger partial charge in [0.25, 0.3) is 0 Å². The van der Waals surface area contributed by atoms with Gasteiger partial charge in [-0.1, -0.05) is 6.92 Å². The SMILES string of the molecule is CS(=O)N1CC2CC2(C)C1. The number of hydrogen-bond donors (Lipinski definition) is 0. The van der Waals surface area contributed by atoms with E-state index < -0.39 is 11.0 Å². The summed E-state index contributed by atoms with van der Waals surface area (Å²) in [7, 11) is -0.724. The Hall–Kier alpha value is 0.110. The Kier molecular flexibility index (Phi) is 1.24. The van der Waals surface area contributed by atoms with Gasteiger partial charge < -0.3 is 0 Å². The summed E-state index contributed by atoms with van der Waals surface area (Å²) in [5.41, 5.74) is 0.547. The lowest BCUT2D eigenvalue weighted by atomic mass is 10.1. The molecule has 1 heterocycles. The van der Waals surface area contributed by atoms with Gasteiger partial charge in [-0.2, -0.15) is 0 Å². The van der Waals surface area contributed by atoms with Crippen molar-refractivity contribution in [2.24, 2.45) is 11.3 Å². The molecule has 0 aromatic rings. The molecular formula is C7H13NOS. The summed E-state index contributed by atoms with van der Waals surface area (Å²) in [6, 6.07) is 0. The number of nitrogens with zero attached hydrogens (tertiary/aromatic N) is 1. The predicted molar refractivity (Wildman–Crippen MR) is 41.9 cm³/mol. The Bertz CT molecular complexity index is 194. The van der Waals surface area contributed by atoms with Crippen molar-refractivity contribution < 1.29 is 4.21 Å². The van der Waals surface area contributed by atoms with Gasteiger partial charge in [0.15, 0.2) is 0 Å². The fourth-order valence-electron chi connectivity index (χ4n) is 1.89. The molecule has 1 saturated carbocycles. The molecule has 10 heavy (non-hydrogen) atoms. The van der Waals surface area contributed by atoms with Crippen LogP contribution in [-0.2, 0) is 11.0 Å². The maximum atomic E-state index is 11.0. The second-order valence-electron chi connectivity index (χ2n) is 3.80. The third-order valence-corrected chi connectivity index (χ3v) is 3.87. The molecule has 3 unspecified atom stereocenters. The van der Waals surface area contributed by atoms with Gasteiger partial charge in [0.2, 0.25) is 0 Å². The molecule has 1 saturated heterocycles. The highest BCUT2D eigenvalue weighted by molar-refractivity contribution is 7.81. The predicted octanol–water partition coefficient (Wildman–Crippen LogP) is 0.622. The van der Waals surface area contributed by atoms with Crippen LogP contribution < -0.4 is 0 Å². The van der Waals surface area contributed by atoms with Crippen molar-refractivity contribution in [3.05, 3.63) is 0 Å². The van der Waals surface area contributed by atoms with Gasteiger partial charge in [-0.25, -0.2) is 8.51 Å². The zero-order valence-corrected chi connectivity index (χ0v) is 7.28. The first kappa shape index (κ1) is 6.80. The Morgan fingerprint density at radius 3 is 2.70 bits per heavy atom. The molecule has 2 fully saturated rings. The first-order chi connectivity index (χ1) is 4.62. The molecule has 2 nitrogen and oxygen atoms in total. The van der Waals surface area contributed by atoms with E-state index in [1.807, 2.05) is 0 Å². The second-order valence-corrected chi connectivity index (χ2v) is 5.17. The van der Waals surface area contributed by atoms with Gasteiger partial charge >= 0.3 is 0 Å². The summed E-state index contributed by atoms with van der Waals surface area (Å²) in [5, 5.41) is 0. The molecule has 0 bridgehead atoms. The van der Waals surface area contributed by atoms with E-state index in [-0.39, 0.29) is 0 Å². The van der Waals surface area contributed by atoms with Crippen molar-refractivity contribution in [1.29, 1.82) is 0 Å². The molecule has 2 aliphatic rings. The van der Waals surface area contributed by atoms with Crippen LogP contribution in [-0.4, -0.2) is 27.9 Å². The number of hydrogen-bond acceptors (Lipinski definition) is 1. The Labute approximate surface area is 64.2 Å². The highest BCUT2D eigenvalue weighted by atomic mass is 32.2. The molecule has 1 aliphatic carbocycles. The quantitative estimate of drug-likeness (QED) is 0.549. The van der Waals surface area contributed by atoms with Gasteiger partial charge in [0.1, 0.15) is 0 Å². The molecule has 0 amide bonds. The Morgan fingerprint density at radius 2 is 2.40 bits per heavy atom. The minimum atomic E-state index is -0.724. The van der Waals surface area contributed by atoms with E-state index in [2.05, 4.69) is 11.2 Å². The molecular weight excluding hydrogens is 146 g/mol. The zero-order valence-electron chi connectivity index (χ0n) is 6.46. The van der Waals surface area contributed by atoms with E-state index >= 15 is 0 Å². The van der Waals surface area contributed by atoms with Crippen LogP contribution in [0.4, 0.5) is 0 Å². The largest absolute Gasteiger partial charge is 0.243 e. The maximum Gasteiger partial charge on any atom is 0.0911 e. The summed E-state index contributed by atoms with van der Waals surface area (Å²) < 4.78 is 13.1. The van der Waals surface area contributed by atoms with Gasteiger partial charge in [-0.05, 0) is 17.8 Å². The molecule has 0 spiro atoms. The van der Waals surface area contributed by atoms with Crippen LogP contribution >= 0.6 is 0 Å². The van der Waals surface area contributed by atoms with Crippen molar-refractivity contribution in [2.45, 2.75) is 13.3 Å². The highest BCUT2D eigenvalue weighted by Gasteiger charge is 2.56. The van der Waals surface area contributed by atoms with E-state index in [4.69, 9.17) is 0 Å². The van der Waals surface area contributed by atoms with Crippen molar-refractivity contribution in [3.8, 4) is 0 Å². The summed E-state index contributed by atoms with van der Waals surface area (Å²) in [4.78, 5) is 0. The van der Waals surface area contributed by atoms with Crippen LogP contribution in [0.15, 0.2) is 0 Å². The van der Waals surface area contributed by atoms with Gasteiger partial charge in [-0.3, -0.25) is 0 Å².